The summed E-state index contributed by atoms with van der Waals surface area (Å²) < 4.78 is 0. The number of benzene rings is 1. The molecule has 2 heterocycles. The number of nitrogens with one attached hydrogen (secondary N) is 3. The highest BCUT2D eigenvalue weighted by atomic mass is 35.5. The number of carbonyl (C=O) groups excluding carboxylic acids is 2. The summed E-state index contributed by atoms with van der Waals surface area (Å²) in [6.45, 7) is 1.81. The third-order valence-corrected chi connectivity index (χ3v) is 3.57. The first-order chi connectivity index (χ1) is 11.0. The van der Waals surface area contributed by atoms with Gasteiger partial charge >= 0.3 is 11.8 Å². The summed E-state index contributed by atoms with van der Waals surface area (Å²) in [5.41, 5.74) is 3.11. The molecule has 0 aliphatic heterocycles. The number of amides is 2. The minimum absolute atomic E-state index is 0.448. The Kier molecular flexibility index (Phi) is 3.99. The normalized spacial score (nSPS) is 10.5. The van der Waals surface area contributed by atoms with Crippen LogP contribution in [-0.4, -0.2) is 21.8 Å². The second-order valence-corrected chi connectivity index (χ2v) is 5.41. The maximum absolute atomic E-state index is 12.1. The second kappa shape index (κ2) is 6.10. The number of nitrogens with zero attached hydrogens (tertiary/aromatic N) is 1. The van der Waals surface area contributed by atoms with Crippen LogP contribution in [0.15, 0.2) is 42.7 Å². The quantitative estimate of drug-likeness (QED) is 0.632. The number of hydrogen-bond acceptors (Lipinski definition) is 3. The Bertz CT molecular complexity index is 904. The van der Waals surface area contributed by atoms with Gasteiger partial charge in [0.15, 0.2) is 0 Å². The van der Waals surface area contributed by atoms with Crippen molar-refractivity contribution in [3.63, 3.8) is 0 Å². The molecule has 3 rings (SSSR count). The van der Waals surface area contributed by atoms with E-state index in [4.69, 9.17) is 11.6 Å². The van der Waals surface area contributed by atoms with Crippen LogP contribution >= 0.6 is 11.6 Å². The van der Waals surface area contributed by atoms with E-state index < -0.39 is 11.8 Å². The first kappa shape index (κ1) is 15.1. The van der Waals surface area contributed by atoms with Crippen molar-refractivity contribution in [3.05, 3.63) is 53.3 Å². The molecular weight excluding hydrogens is 316 g/mol. The third kappa shape index (κ3) is 3.17. The number of carbonyl (C=O) groups is 2. The predicted octanol–water partition coefficient (Wildman–Crippen LogP) is 3.10. The van der Waals surface area contributed by atoms with E-state index in [9.17, 15) is 9.59 Å². The van der Waals surface area contributed by atoms with Crippen LogP contribution in [0.1, 0.15) is 5.56 Å². The molecule has 0 fully saturated rings. The minimum atomic E-state index is -0.782. The highest BCUT2D eigenvalue weighted by molar-refractivity contribution is 6.44. The highest BCUT2D eigenvalue weighted by Crippen LogP contribution is 2.21. The summed E-state index contributed by atoms with van der Waals surface area (Å²) in [6, 6.07) is 8.67. The van der Waals surface area contributed by atoms with Crippen molar-refractivity contribution in [1.82, 2.24) is 9.97 Å². The molecule has 0 bridgehead atoms. The first-order valence-corrected chi connectivity index (χ1v) is 7.23. The lowest BCUT2D eigenvalue weighted by molar-refractivity contribution is -0.132. The third-order valence-electron chi connectivity index (χ3n) is 3.34. The van der Waals surface area contributed by atoms with Gasteiger partial charge in [-0.2, -0.15) is 0 Å². The average molecular weight is 329 g/mol. The van der Waals surface area contributed by atoms with Crippen LogP contribution < -0.4 is 10.6 Å². The van der Waals surface area contributed by atoms with Crippen molar-refractivity contribution in [2.45, 2.75) is 6.92 Å². The SMILES string of the molecule is Cc1ccc(Cl)cc1NC(=O)C(=O)Nc1c[nH]c2cccnc12. The molecule has 0 unspecified atom stereocenters. The standard InChI is InChI=1S/C16H13ClN4O2/c1-9-4-5-10(17)7-12(9)20-15(22)16(23)21-13-8-19-11-3-2-6-18-14(11)13/h2-8,19H,1H3,(H,20,22)(H,21,23). The Labute approximate surface area is 136 Å². The van der Waals surface area contributed by atoms with Gasteiger partial charge in [0.05, 0.1) is 11.2 Å². The number of H-pyrrole nitrogens is 1. The molecule has 3 N–H and O–H groups in total. The molecule has 2 amide bonds. The molecule has 0 spiro atoms. The van der Waals surface area contributed by atoms with Gasteiger partial charge in [-0.1, -0.05) is 17.7 Å². The van der Waals surface area contributed by atoms with Gasteiger partial charge in [-0.05, 0) is 36.8 Å². The Morgan fingerprint density at radius 2 is 1.87 bits per heavy atom. The minimum Gasteiger partial charge on any atom is -0.358 e. The first-order valence-electron chi connectivity index (χ1n) is 6.85. The Morgan fingerprint density at radius 1 is 1.13 bits per heavy atom. The largest absolute Gasteiger partial charge is 0.358 e. The van der Waals surface area contributed by atoms with Gasteiger partial charge in [-0.25, -0.2) is 0 Å². The molecule has 116 valence electrons. The number of halogens is 1. The monoisotopic (exact) mass is 328 g/mol. The maximum Gasteiger partial charge on any atom is 0.314 e. The van der Waals surface area contributed by atoms with Crippen molar-refractivity contribution < 1.29 is 9.59 Å². The van der Waals surface area contributed by atoms with Gasteiger partial charge in [0.25, 0.3) is 0 Å². The molecule has 0 saturated heterocycles. The van der Waals surface area contributed by atoms with Gasteiger partial charge in [0.1, 0.15) is 5.52 Å². The summed E-state index contributed by atoms with van der Waals surface area (Å²) >= 11 is 5.90. The van der Waals surface area contributed by atoms with E-state index in [0.717, 1.165) is 11.1 Å². The Hall–Kier alpha value is -2.86. The molecule has 7 heteroatoms. The van der Waals surface area contributed by atoms with Gasteiger partial charge in [0.2, 0.25) is 0 Å². The van der Waals surface area contributed by atoms with Crippen LogP contribution in [0.5, 0.6) is 0 Å². The van der Waals surface area contributed by atoms with Crippen LogP contribution in [0.2, 0.25) is 5.02 Å². The lowest BCUT2D eigenvalue weighted by Crippen LogP contribution is -2.29. The number of aromatic amines is 1. The van der Waals surface area contributed by atoms with Crippen LogP contribution in [0.25, 0.3) is 11.0 Å². The zero-order chi connectivity index (χ0) is 16.4. The molecule has 6 nitrogen and oxygen atoms in total. The van der Waals surface area contributed by atoms with E-state index in [1.807, 2.05) is 13.0 Å². The van der Waals surface area contributed by atoms with Crippen molar-refractivity contribution in [3.8, 4) is 0 Å². The average Bonchev–Trinajstić information content (AvgIpc) is 2.94. The predicted molar refractivity (Wildman–Crippen MR) is 89.5 cm³/mol. The fraction of sp³-hybridized carbons (Fsp3) is 0.0625. The van der Waals surface area contributed by atoms with Gasteiger partial charge in [-0.15, -0.1) is 0 Å². The lowest BCUT2D eigenvalue weighted by Gasteiger charge is -2.08. The topological polar surface area (TPSA) is 86.9 Å². The van der Waals surface area contributed by atoms with E-state index >= 15 is 0 Å². The van der Waals surface area contributed by atoms with Crippen molar-refractivity contribution in [2.24, 2.45) is 0 Å². The maximum atomic E-state index is 12.1. The zero-order valence-electron chi connectivity index (χ0n) is 12.2. The smallest absolute Gasteiger partial charge is 0.314 e. The lowest BCUT2D eigenvalue weighted by atomic mass is 10.2. The summed E-state index contributed by atoms with van der Waals surface area (Å²) in [5.74, 6) is -1.56. The summed E-state index contributed by atoms with van der Waals surface area (Å²) in [6.07, 6.45) is 3.20. The molecular formula is C16H13ClN4O2. The second-order valence-electron chi connectivity index (χ2n) is 4.97. The van der Waals surface area contributed by atoms with Crippen molar-refractivity contribution in [2.75, 3.05) is 10.6 Å². The van der Waals surface area contributed by atoms with Gasteiger partial charge < -0.3 is 15.6 Å². The Balaban J connectivity index is 1.75. The fourth-order valence-corrected chi connectivity index (χ4v) is 2.31. The van der Waals surface area contributed by atoms with Gasteiger partial charge in [0, 0.05) is 23.1 Å². The van der Waals surface area contributed by atoms with Crippen LogP contribution in [0.3, 0.4) is 0 Å². The number of fused-ring (bicyclic) bond motifs is 1. The van der Waals surface area contributed by atoms with E-state index in [1.165, 1.54) is 0 Å². The summed E-state index contributed by atoms with van der Waals surface area (Å²) in [4.78, 5) is 31.2. The molecule has 2 aromatic heterocycles. The molecule has 0 atom stereocenters. The van der Waals surface area contributed by atoms with Gasteiger partial charge in [-0.3, -0.25) is 14.6 Å². The number of rotatable bonds is 2. The molecule has 0 saturated carbocycles. The van der Waals surface area contributed by atoms with E-state index in [1.54, 1.807) is 36.7 Å². The zero-order valence-corrected chi connectivity index (χ0v) is 12.9. The van der Waals surface area contributed by atoms with Crippen molar-refractivity contribution in [1.29, 1.82) is 0 Å². The molecule has 0 radical (unpaired) electrons. The summed E-state index contributed by atoms with van der Waals surface area (Å²) in [5, 5.41) is 5.57. The molecule has 0 aliphatic rings. The van der Waals surface area contributed by atoms with Crippen molar-refractivity contribution >= 4 is 45.8 Å². The van der Waals surface area contributed by atoms with Crippen LogP contribution in [0.4, 0.5) is 11.4 Å². The van der Waals surface area contributed by atoms with E-state index in [-0.39, 0.29) is 0 Å². The number of hydrogen-bond donors (Lipinski definition) is 3. The Morgan fingerprint density at radius 3 is 2.65 bits per heavy atom. The van der Waals surface area contributed by atoms with Crippen LogP contribution in [-0.2, 0) is 9.59 Å². The van der Waals surface area contributed by atoms with E-state index in [2.05, 4.69) is 20.6 Å². The molecule has 3 aromatic rings. The molecule has 0 aliphatic carbocycles. The fourth-order valence-electron chi connectivity index (χ4n) is 2.14. The van der Waals surface area contributed by atoms with E-state index in [0.29, 0.717) is 21.9 Å². The molecule has 23 heavy (non-hydrogen) atoms. The molecule has 1 aromatic carbocycles. The number of pyridine rings is 1. The summed E-state index contributed by atoms with van der Waals surface area (Å²) in [7, 11) is 0. The number of aryl methyl sites for hydroxylation is 1. The number of aromatic nitrogens is 2. The highest BCUT2D eigenvalue weighted by Gasteiger charge is 2.17. The number of anilines is 2. The van der Waals surface area contributed by atoms with Crippen LogP contribution in [0, 0.1) is 6.92 Å².